The zero-order valence-corrected chi connectivity index (χ0v) is 13.0. The van der Waals surface area contributed by atoms with E-state index in [1.165, 1.54) is 16.4 Å². The molecule has 3 aromatic rings. The second-order valence-electron chi connectivity index (χ2n) is 4.24. The molecule has 0 aliphatic carbocycles. The maximum atomic E-state index is 12.3. The van der Waals surface area contributed by atoms with Gasteiger partial charge in [-0.15, -0.1) is 5.10 Å². The van der Waals surface area contributed by atoms with Crippen LogP contribution in [0, 0.1) is 0 Å². The number of hydrogen-bond acceptors (Lipinski definition) is 4. The molecule has 2 aromatic carbocycles. The van der Waals surface area contributed by atoms with Crippen LogP contribution >= 0.6 is 35.0 Å². The monoisotopic (exact) mass is 337 g/mol. The van der Waals surface area contributed by atoms with E-state index in [0.717, 1.165) is 4.90 Å². The van der Waals surface area contributed by atoms with Gasteiger partial charge in [0, 0.05) is 4.90 Å². The van der Waals surface area contributed by atoms with Gasteiger partial charge < -0.3 is 0 Å². The predicted molar refractivity (Wildman–Crippen MR) is 86.1 cm³/mol. The summed E-state index contributed by atoms with van der Waals surface area (Å²) < 4.78 is 1.30. The Morgan fingerprint density at radius 3 is 2.52 bits per heavy atom. The first-order valence-corrected chi connectivity index (χ1v) is 7.80. The average Bonchev–Trinajstić information content (AvgIpc) is 2.49. The van der Waals surface area contributed by atoms with Gasteiger partial charge in [0.15, 0.2) is 0 Å². The molecule has 1 aromatic heterocycles. The normalized spacial score (nSPS) is 11.0. The first kappa shape index (κ1) is 14.4. The second kappa shape index (κ2) is 6.05. The van der Waals surface area contributed by atoms with Crippen molar-refractivity contribution in [3.05, 3.63) is 62.9 Å². The maximum Gasteiger partial charge on any atom is 0.278 e. The topological polar surface area (TPSA) is 47.8 Å². The number of nitrogens with zero attached hydrogens (tertiary/aromatic N) is 3. The van der Waals surface area contributed by atoms with Crippen molar-refractivity contribution >= 4 is 45.9 Å². The molecule has 0 N–H and O–H groups in total. The lowest BCUT2D eigenvalue weighted by molar-refractivity contribution is 0.645. The van der Waals surface area contributed by atoms with Crippen LogP contribution in [-0.4, -0.2) is 15.0 Å². The molecule has 106 valence electrons. The minimum atomic E-state index is -0.184. The number of halogens is 2. The molecule has 4 nitrogen and oxygen atoms in total. The summed E-state index contributed by atoms with van der Waals surface area (Å²) in [6.45, 7) is 0. The van der Waals surface area contributed by atoms with Gasteiger partial charge in [-0.2, -0.15) is 0 Å². The Morgan fingerprint density at radius 2 is 1.76 bits per heavy atom. The zero-order valence-electron chi connectivity index (χ0n) is 10.7. The summed E-state index contributed by atoms with van der Waals surface area (Å²) in [6, 6.07) is 12.4. The van der Waals surface area contributed by atoms with Crippen molar-refractivity contribution in [2.24, 2.45) is 0 Å². The highest BCUT2D eigenvalue weighted by Crippen LogP contribution is 2.34. The van der Waals surface area contributed by atoms with Crippen LogP contribution < -0.4 is 5.56 Å². The van der Waals surface area contributed by atoms with Crippen LogP contribution in [-0.2, 0) is 5.88 Å². The van der Waals surface area contributed by atoms with Crippen LogP contribution in [0.4, 0.5) is 0 Å². The summed E-state index contributed by atoms with van der Waals surface area (Å²) in [7, 11) is 0. The Hall–Kier alpha value is -1.56. The first-order valence-electron chi connectivity index (χ1n) is 6.06. The van der Waals surface area contributed by atoms with E-state index in [-0.39, 0.29) is 5.56 Å². The summed E-state index contributed by atoms with van der Waals surface area (Å²) in [5.41, 5.74) is 0.399. The van der Waals surface area contributed by atoms with E-state index < -0.39 is 0 Å². The molecule has 0 saturated carbocycles. The molecule has 0 saturated heterocycles. The lowest BCUT2D eigenvalue weighted by atomic mass is 10.2. The molecular weight excluding hydrogens is 329 g/mol. The summed E-state index contributed by atoms with van der Waals surface area (Å²) in [5.74, 6) is 0.292. The number of hydrogen-bond donors (Lipinski definition) is 0. The molecule has 0 fully saturated rings. The fourth-order valence-electron chi connectivity index (χ4n) is 1.85. The fraction of sp³-hybridized carbons (Fsp3) is 0.0714. The van der Waals surface area contributed by atoms with Crippen molar-refractivity contribution in [2.45, 2.75) is 10.8 Å². The number of thioether (sulfide) groups is 1. The highest BCUT2D eigenvalue weighted by molar-refractivity contribution is 7.98. The third kappa shape index (κ3) is 2.90. The van der Waals surface area contributed by atoms with Gasteiger partial charge in [-0.25, -0.2) is 4.68 Å². The highest BCUT2D eigenvalue weighted by Gasteiger charge is 2.09. The third-order valence-electron chi connectivity index (χ3n) is 2.88. The zero-order chi connectivity index (χ0) is 14.8. The van der Waals surface area contributed by atoms with Crippen molar-refractivity contribution < 1.29 is 0 Å². The second-order valence-corrected chi connectivity index (χ2v) is 6.01. The van der Waals surface area contributed by atoms with Crippen LogP contribution in [0.1, 0.15) is 0 Å². The molecule has 1 heterocycles. The predicted octanol–water partition coefficient (Wildman–Crippen LogP) is 3.85. The SMILES string of the molecule is O=c1c2ccccc2nnn1CSc1c(Cl)cccc1Cl. The molecule has 0 aliphatic rings. The van der Waals surface area contributed by atoms with E-state index in [4.69, 9.17) is 23.2 Å². The Balaban J connectivity index is 1.93. The van der Waals surface area contributed by atoms with Gasteiger partial charge in [0.25, 0.3) is 5.56 Å². The van der Waals surface area contributed by atoms with E-state index in [0.29, 0.717) is 26.8 Å². The van der Waals surface area contributed by atoms with E-state index >= 15 is 0 Å². The summed E-state index contributed by atoms with van der Waals surface area (Å²) >= 11 is 13.5. The lowest BCUT2D eigenvalue weighted by Gasteiger charge is -2.07. The van der Waals surface area contributed by atoms with Crippen LogP contribution in [0.3, 0.4) is 0 Å². The van der Waals surface area contributed by atoms with Gasteiger partial charge in [-0.1, -0.05) is 58.4 Å². The fourth-order valence-corrected chi connectivity index (χ4v) is 3.41. The summed E-state index contributed by atoms with van der Waals surface area (Å²) in [4.78, 5) is 13.0. The van der Waals surface area contributed by atoms with Crippen molar-refractivity contribution in [3.8, 4) is 0 Å². The highest BCUT2D eigenvalue weighted by atomic mass is 35.5. The minimum Gasteiger partial charge on any atom is -0.267 e. The van der Waals surface area contributed by atoms with Gasteiger partial charge in [0.1, 0.15) is 5.52 Å². The Bertz CT molecular complexity index is 846. The number of benzene rings is 2. The molecule has 0 aliphatic heterocycles. The molecule has 0 radical (unpaired) electrons. The van der Waals surface area contributed by atoms with Gasteiger partial charge >= 0.3 is 0 Å². The minimum absolute atomic E-state index is 0.184. The molecule has 7 heteroatoms. The van der Waals surface area contributed by atoms with Crippen LogP contribution in [0.25, 0.3) is 10.9 Å². The molecule has 0 bridgehead atoms. The van der Waals surface area contributed by atoms with E-state index in [2.05, 4.69) is 10.3 Å². The van der Waals surface area contributed by atoms with Crippen molar-refractivity contribution in [2.75, 3.05) is 0 Å². The van der Waals surface area contributed by atoms with Crippen LogP contribution in [0.15, 0.2) is 52.2 Å². The number of rotatable bonds is 3. The maximum absolute atomic E-state index is 12.3. The lowest BCUT2D eigenvalue weighted by Crippen LogP contribution is -2.23. The van der Waals surface area contributed by atoms with E-state index in [9.17, 15) is 4.79 Å². The molecular formula is C14H9Cl2N3OS. The van der Waals surface area contributed by atoms with E-state index in [1.807, 2.05) is 6.07 Å². The Labute approximate surface area is 134 Å². The molecule has 0 spiro atoms. The Kier molecular flexibility index (Phi) is 4.14. The van der Waals surface area contributed by atoms with Crippen LogP contribution in [0.5, 0.6) is 0 Å². The molecule has 3 rings (SSSR count). The smallest absolute Gasteiger partial charge is 0.267 e. The van der Waals surface area contributed by atoms with E-state index in [1.54, 1.807) is 36.4 Å². The number of aromatic nitrogens is 3. The Morgan fingerprint density at radius 1 is 1.05 bits per heavy atom. The quantitative estimate of drug-likeness (QED) is 0.681. The van der Waals surface area contributed by atoms with Crippen LogP contribution in [0.2, 0.25) is 10.0 Å². The average molecular weight is 338 g/mol. The largest absolute Gasteiger partial charge is 0.278 e. The first-order chi connectivity index (χ1) is 10.2. The standard InChI is InChI=1S/C14H9Cl2N3OS/c15-10-5-3-6-11(16)13(10)21-8-19-14(20)9-4-1-2-7-12(9)17-18-19/h1-7H,8H2. The van der Waals surface area contributed by atoms with Gasteiger partial charge in [0.2, 0.25) is 0 Å². The van der Waals surface area contributed by atoms with Gasteiger partial charge in [-0.3, -0.25) is 4.79 Å². The molecule has 21 heavy (non-hydrogen) atoms. The summed E-state index contributed by atoms with van der Waals surface area (Å²) in [5, 5.41) is 9.60. The van der Waals surface area contributed by atoms with Gasteiger partial charge in [0.05, 0.1) is 21.3 Å². The van der Waals surface area contributed by atoms with Crippen molar-refractivity contribution in [1.82, 2.24) is 15.0 Å². The van der Waals surface area contributed by atoms with Crippen molar-refractivity contribution in [1.29, 1.82) is 0 Å². The number of fused-ring (bicyclic) bond motifs is 1. The molecule has 0 amide bonds. The third-order valence-corrected chi connectivity index (χ3v) is 4.84. The molecule has 0 unspecified atom stereocenters. The van der Waals surface area contributed by atoms with Crippen molar-refractivity contribution in [3.63, 3.8) is 0 Å². The molecule has 0 atom stereocenters. The summed E-state index contributed by atoms with van der Waals surface area (Å²) in [6.07, 6.45) is 0. The van der Waals surface area contributed by atoms with Gasteiger partial charge in [-0.05, 0) is 24.3 Å².